The van der Waals surface area contributed by atoms with Crippen molar-refractivity contribution in [1.82, 2.24) is 0 Å². The minimum Gasteiger partial charge on any atom is -0.507 e. The lowest BCUT2D eigenvalue weighted by molar-refractivity contribution is -0.132. The van der Waals surface area contributed by atoms with Crippen LogP contribution in [0.3, 0.4) is 0 Å². The van der Waals surface area contributed by atoms with Gasteiger partial charge in [-0.3, -0.25) is 14.5 Å². The number of carbonyl (C=O) groups is 2. The molecule has 1 atom stereocenters. The molecular formula is C23H19NO4. The molecule has 5 nitrogen and oxygen atoms in total. The SMILES string of the molecule is Cc1ccc(C)c(/C(O)=C2/C(=O)C(=O)N(c3ccccc3)C2c2ccco2)c1. The predicted molar refractivity (Wildman–Crippen MR) is 106 cm³/mol. The van der Waals surface area contributed by atoms with Crippen LogP contribution < -0.4 is 4.90 Å². The Morgan fingerprint density at radius 3 is 2.43 bits per heavy atom. The summed E-state index contributed by atoms with van der Waals surface area (Å²) in [7, 11) is 0. The van der Waals surface area contributed by atoms with E-state index < -0.39 is 17.7 Å². The first-order chi connectivity index (χ1) is 13.5. The fourth-order valence-corrected chi connectivity index (χ4v) is 3.54. The molecule has 0 spiro atoms. The molecule has 0 bridgehead atoms. The quantitative estimate of drug-likeness (QED) is 0.416. The molecule has 1 N–H and O–H groups in total. The van der Waals surface area contributed by atoms with Crippen molar-refractivity contribution in [2.45, 2.75) is 19.9 Å². The maximum Gasteiger partial charge on any atom is 0.300 e. The zero-order valence-electron chi connectivity index (χ0n) is 15.5. The van der Waals surface area contributed by atoms with Crippen molar-refractivity contribution in [3.63, 3.8) is 0 Å². The molecule has 2 aromatic carbocycles. The van der Waals surface area contributed by atoms with E-state index in [1.165, 1.54) is 11.2 Å². The van der Waals surface area contributed by atoms with E-state index >= 15 is 0 Å². The molecule has 5 heteroatoms. The Hall–Kier alpha value is -3.60. The molecule has 1 aliphatic heterocycles. The molecule has 1 saturated heterocycles. The van der Waals surface area contributed by atoms with Crippen LogP contribution >= 0.6 is 0 Å². The summed E-state index contributed by atoms with van der Waals surface area (Å²) in [5, 5.41) is 11.1. The normalized spacial score (nSPS) is 18.6. The largest absolute Gasteiger partial charge is 0.507 e. The summed E-state index contributed by atoms with van der Waals surface area (Å²) in [5.41, 5.74) is 2.87. The van der Waals surface area contributed by atoms with Gasteiger partial charge in [0.25, 0.3) is 11.7 Å². The molecule has 1 fully saturated rings. The molecule has 1 aromatic heterocycles. The van der Waals surface area contributed by atoms with Crippen LogP contribution in [0, 0.1) is 13.8 Å². The minimum atomic E-state index is -0.836. The van der Waals surface area contributed by atoms with Crippen molar-refractivity contribution in [3.05, 3.63) is 95.0 Å². The van der Waals surface area contributed by atoms with Crippen LogP contribution in [-0.4, -0.2) is 16.8 Å². The number of aliphatic hydroxyl groups excluding tert-OH is 1. The van der Waals surface area contributed by atoms with Gasteiger partial charge >= 0.3 is 0 Å². The van der Waals surface area contributed by atoms with E-state index in [0.717, 1.165) is 11.1 Å². The first kappa shape index (κ1) is 17.8. The van der Waals surface area contributed by atoms with E-state index in [4.69, 9.17) is 4.42 Å². The maximum absolute atomic E-state index is 13.0. The number of hydrogen-bond acceptors (Lipinski definition) is 4. The highest BCUT2D eigenvalue weighted by Gasteiger charge is 2.48. The summed E-state index contributed by atoms with van der Waals surface area (Å²) in [4.78, 5) is 27.2. The number of para-hydroxylation sites is 1. The summed E-state index contributed by atoms with van der Waals surface area (Å²) in [6, 6.07) is 17.1. The Kier molecular flexibility index (Phi) is 4.35. The fraction of sp³-hybridized carbons (Fsp3) is 0.130. The van der Waals surface area contributed by atoms with Gasteiger partial charge in [0.15, 0.2) is 0 Å². The van der Waals surface area contributed by atoms with Gasteiger partial charge in [-0.2, -0.15) is 0 Å². The topological polar surface area (TPSA) is 70.8 Å². The fourth-order valence-electron chi connectivity index (χ4n) is 3.54. The second-order valence-corrected chi connectivity index (χ2v) is 6.84. The number of rotatable bonds is 3. The Morgan fingerprint density at radius 1 is 1.00 bits per heavy atom. The monoisotopic (exact) mass is 373 g/mol. The van der Waals surface area contributed by atoms with Gasteiger partial charge in [0, 0.05) is 11.3 Å². The van der Waals surface area contributed by atoms with E-state index in [1.54, 1.807) is 42.5 Å². The Morgan fingerprint density at radius 2 is 1.75 bits per heavy atom. The van der Waals surface area contributed by atoms with E-state index in [1.807, 2.05) is 32.0 Å². The molecule has 0 radical (unpaired) electrons. The molecule has 1 amide bonds. The first-order valence-corrected chi connectivity index (χ1v) is 8.96. The number of carbonyl (C=O) groups excluding carboxylic acids is 2. The molecule has 1 unspecified atom stereocenters. The highest BCUT2D eigenvalue weighted by molar-refractivity contribution is 6.51. The number of ketones is 1. The number of nitrogens with zero attached hydrogens (tertiary/aromatic N) is 1. The van der Waals surface area contributed by atoms with Crippen molar-refractivity contribution in [3.8, 4) is 0 Å². The zero-order chi connectivity index (χ0) is 19.8. The van der Waals surface area contributed by atoms with Crippen LogP contribution in [0.1, 0.15) is 28.5 Å². The number of anilines is 1. The number of aliphatic hydroxyl groups is 1. The third kappa shape index (κ3) is 2.81. The zero-order valence-corrected chi connectivity index (χ0v) is 15.5. The van der Waals surface area contributed by atoms with Crippen molar-refractivity contribution < 1.29 is 19.1 Å². The molecule has 0 saturated carbocycles. The summed E-state index contributed by atoms with van der Waals surface area (Å²) in [6.45, 7) is 3.76. The molecule has 3 aromatic rings. The molecule has 1 aliphatic rings. The second-order valence-electron chi connectivity index (χ2n) is 6.84. The van der Waals surface area contributed by atoms with Gasteiger partial charge in [-0.1, -0.05) is 35.9 Å². The highest BCUT2D eigenvalue weighted by Crippen LogP contribution is 2.42. The lowest BCUT2D eigenvalue weighted by atomic mass is 9.96. The van der Waals surface area contributed by atoms with Crippen molar-refractivity contribution in [2.24, 2.45) is 0 Å². The third-order valence-corrected chi connectivity index (χ3v) is 4.94. The van der Waals surface area contributed by atoms with Crippen LogP contribution in [0.5, 0.6) is 0 Å². The van der Waals surface area contributed by atoms with Crippen LogP contribution in [0.2, 0.25) is 0 Å². The highest BCUT2D eigenvalue weighted by atomic mass is 16.3. The van der Waals surface area contributed by atoms with Gasteiger partial charge < -0.3 is 9.52 Å². The molecule has 0 aliphatic carbocycles. The van der Waals surface area contributed by atoms with Gasteiger partial charge in [-0.15, -0.1) is 0 Å². The second kappa shape index (κ2) is 6.85. The summed E-state index contributed by atoms with van der Waals surface area (Å²) < 4.78 is 5.54. The Labute approximate surface area is 162 Å². The van der Waals surface area contributed by atoms with Crippen molar-refractivity contribution in [1.29, 1.82) is 0 Å². The summed E-state index contributed by atoms with van der Waals surface area (Å²) in [6.07, 6.45) is 1.48. The number of amides is 1. The average molecular weight is 373 g/mol. The Bertz CT molecular complexity index is 1080. The standard InChI is InChI=1S/C23H19NO4/c1-14-10-11-15(2)17(13-14)21(25)19-20(18-9-6-12-28-18)24(23(27)22(19)26)16-7-4-3-5-8-16/h3-13,20,25H,1-2H3/b21-19-. The number of benzene rings is 2. The molecule has 140 valence electrons. The van der Waals surface area contributed by atoms with E-state index in [-0.39, 0.29) is 11.3 Å². The number of Topliss-reactive ketones (excluding diaryl/α,β-unsaturated/α-hetero) is 1. The summed E-state index contributed by atoms with van der Waals surface area (Å²) >= 11 is 0. The van der Waals surface area contributed by atoms with E-state index in [9.17, 15) is 14.7 Å². The molecule has 2 heterocycles. The number of furan rings is 1. The maximum atomic E-state index is 13.0. The average Bonchev–Trinajstić information content (AvgIpc) is 3.31. The van der Waals surface area contributed by atoms with Gasteiger partial charge in [0.1, 0.15) is 17.6 Å². The van der Waals surface area contributed by atoms with Crippen LogP contribution in [0.15, 0.2) is 76.9 Å². The minimum absolute atomic E-state index is 0.0255. The van der Waals surface area contributed by atoms with Gasteiger partial charge in [0.05, 0.1) is 11.8 Å². The van der Waals surface area contributed by atoms with Crippen molar-refractivity contribution >= 4 is 23.1 Å². The van der Waals surface area contributed by atoms with Gasteiger partial charge in [-0.05, 0) is 49.7 Å². The lowest BCUT2D eigenvalue weighted by Gasteiger charge is -2.23. The van der Waals surface area contributed by atoms with Crippen LogP contribution in [-0.2, 0) is 9.59 Å². The molecule has 28 heavy (non-hydrogen) atoms. The predicted octanol–water partition coefficient (Wildman–Crippen LogP) is 4.52. The van der Waals surface area contributed by atoms with E-state index in [0.29, 0.717) is 17.0 Å². The van der Waals surface area contributed by atoms with Crippen LogP contribution in [0.25, 0.3) is 5.76 Å². The van der Waals surface area contributed by atoms with E-state index in [2.05, 4.69) is 0 Å². The van der Waals surface area contributed by atoms with Gasteiger partial charge in [0.2, 0.25) is 0 Å². The summed E-state index contributed by atoms with van der Waals surface area (Å²) in [5.74, 6) is -1.21. The number of aryl methyl sites for hydroxylation is 2. The molecule has 4 rings (SSSR count). The lowest BCUT2D eigenvalue weighted by Crippen LogP contribution is -2.29. The third-order valence-electron chi connectivity index (χ3n) is 4.94. The Balaban J connectivity index is 1.96. The van der Waals surface area contributed by atoms with Crippen molar-refractivity contribution in [2.75, 3.05) is 4.90 Å². The van der Waals surface area contributed by atoms with Crippen LogP contribution in [0.4, 0.5) is 5.69 Å². The molecular weight excluding hydrogens is 354 g/mol. The van der Waals surface area contributed by atoms with Gasteiger partial charge in [-0.25, -0.2) is 0 Å². The smallest absolute Gasteiger partial charge is 0.300 e. The first-order valence-electron chi connectivity index (χ1n) is 8.96. The number of hydrogen-bond donors (Lipinski definition) is 1.